The molecule has 134 valence electrons. The van der Waals surface area contributed by atoms with Gasteiger partial charge in [-0.2, -0.15) is 0 Å². The molecule has 1 atom stereocenters. The highest BCUT2D eigenvalue weighted by molar-refractivity contribution is 7.20. The second-order valence-corrected chi connectivity index (χ2v) is 6.89. The number of nitrogens with zero attached hydrogens (tertiary/aromatic N) is 2. The van der Waals surface area contributed by atoms with Crippen LogP contribution in [0.2, 0.25) is 0 Å². The Balaban J connectivity index is 2.03. The monoisotopic (exact) mass is 363 g/mol. The predicted molar refractivity (Wildman–Crippen MR) is 97.3 cm³/mol. The summed E-state index contributed by atoms with van der Waals surface area (Å²) in [6, 6.07) is 3.61. The molecule has 1 aliphatic rings. The number of methoxy groups -OCH3 is 2. The summed E-state index contributed by atoms with van der Waals surface area (Å²) >= 11 is 1.44. The lowest BCUT2D eigenvalue weighted by Crippen LogP contribution is -2.22. The lowest BCUT2D eigenvalue weighted by molar-refractivity contribution is 0.0603. The van der Waals surface area contributed by atoms with Gasteiger partial charge in [0.05, 0.1) is 24.8 Å². The molecule has 8 heteroatoms. The highest BCUT2D eigenvalue weighted by Crippen LogP contribution is 2.45. The maximum atomic E-state index is 12.3. The van der Waals surface area contributed by atoms with E-state index in [9.17, 15) is 9.90 Å². The molecule has 0 aromatic carbocycles. The number of carbonyl (C=O) groups excluding carboxylic acids is 1. The highest BCUT2D eigenvalue weighted by Gasteiger charge is 2.31. The van der Waals surface area contributed by atoms with Gasteiger partial charge in [-0.3, -0.25) is 0 Å². The van der Waals surface area contributed by atoms with Gasteiger partial charge in [-0.1, -0.05) is 0 Å². The number of carbonyl (C=O) groups is 1. The van der Waals surface area contributed by atoms with E-state index in [1.807, 2.05) is 6.07 Å². The van der Waals surface area contributed by atoms with Crippen LogP contribution in [0.5, 0.6) is 5.88 Å². The predicted octanol–water partition coefficient (Wildman–Crippen LogP) is 2.01. The zero-order valence-electron chi connectivity index (χ0n) is 14.2. The first-order valence-electron chi connectivity index (χ1n) is 7.95. The van der Waals surface area contributed by atoms with Crippen molar-refractivity contribution in [3.63, 3.8) is 0 Å². The molecule has 7 nitrogen and oxygen atoms in total. The van der Waals surface area contributed by atoms with Gasteiger partial charge in [0.2, 0.25) is 5.88 Å². The Bertz CT molecular complexity index is 760. The van der Waals surface area contributed by atoms with E-state index in [1.54, 1.807) is 19.4 Å². The fraction of sp³-hybridized carbons (Fsp3) is 0.412. The minimum absolute atomic E-state index is 0.139. The number of aromatic nitrogens is 1. The van der Waals surface area contributed by atoms with Crippen molar-refractivity contribution in [1.82, 2.24) is 4.98 Å². The van der Waals surface area contributed by atoms with Gasteiger partial charge in [-0.15, -0.1) is 11.3 Å². The zero-order chi connectivity index (χ0) is 18.0. The summed E-state index contributed by atoms with van der Waals surface area (Å²) in [7, 11) is 2.90. The molecule has 0 radical (unpaired) electrons. The molecule has 0 saturated carbocycles. The molecule has 3 N–H and O–H groups in total. The summed E-state index contributed by atoms with van der Waals surface area (Å²) in [5, 5.41) is 10.2. The van der Waals surface area contributed by atoms with Gasteiger partial charge in [-0.05, 0) is 12.5 Å². The van der Waals surface area contributed by atoms with E-state index < -0.39 is 5.97 Å². The van der Waals surface area contributed by atoms with Gasteiger partial charge in [0.1, 0.15) is 10.6 Å². The van der Waals surface area contributed by atoms with Crippen LogP contribution >= 0.6 is 11.3 Å². The molecular weight excluding hydrogens is 342 g/mol. The lowest BCUT2D eigenvalue weighted by Gasteiger charge is -2.17. The summed E-state index contributed by atoms with van der Waals surface area (Å²) in [6.45, 7) is 1.61. The third-order valence-corrected chi connectivity index (χ3v) is 5.67. The zero-order valence-corrected chi connectivity index (χ0v) is 15.0. The number of aliphatic hydroxyl groups is 1. The molecule has 2 aromatic rings. The van der Waals surface area contributed by atoms with Crippen molar-refractivity contribution in [2.45, 2.75) is 6.42 Å². The van der Waals surface area contributed by atoms with Crippen LogP contribution in [0.25, 0.3) is 10.4 Å². The molecular formula is C17H21N3O4S. The number of nitrogen functional groups attached to an aromatic ring is 1. The second kappa shape index (κ2) is 7.28. The standard InChI is InChI=1S/C17H21N3O4S/c1-23-12-4-3-11(7-19-12)15-14(18)13(17(22)24-2)16(25-15)20-6-5-10(8-20)9-21/h3-4,7,10,21H,5-6,8-9,18H2,1-2H3/t10-/m0/s1. The first kappa shape index (κ1) is 17.5. The van der Waals surface area contributed by atoms with Gasteiger partial charge < -0.3 is 25.2 Å². The minimum atomic E-state index is -0.455. The molecule has 1 aliphatic heterocycles. The van der Waals surface area contributed by atoms with Crippen molar-refractivity contribution < 1.29 is 19.4 Å². The van der Waals surface area contributed by atoms with Crippen molar-refractivity contribution in [2.75, 3.05) is 44.5 Å². The average Bonchev–Trinajstić information content (AvgIpc) is 3.25. The first-order chi connectivity index (χ1) is 12.1. The Morgan fingerprint density at radius 2 is 2.28 bits per heavy atom. The van der Waals surface area contributed by atoms with Gasteiger partial charge in [0.25, 0.3) is 0 Å². The Labute approximate surface area is 150 Å². The number of ether oxygens (including phenoxy) is 2. The number of rotatable bonds is 5. The van der Waals surface area contributed by atoms with E-state index >= 15 is 0 Å². The summed E-state index contributed by atoms with van der Waals surface area (Å²) in [5.74, 6) is 0.265. The summed E-state index contributed by atoms with van der Waals surface area (Å²) in [6.07, 6.45) is 2.56. The van der Waals surface area contributed by atoms with Crippen molar-refractivity contribution in [2.24, 2.45) is 5.92 Å². The normalized spacial score (nSPS) is 16.9. The average molecular weight is 363 g/mol. The van der Waals surface area contributed by atoms with E-state index in [2.05, 4.69) is 9.88 Å². The summed E-state index contributed by atoms with van der Waals surface area (Å²) < 4.78 is 10.0. The van der Waals surface area contributed by atoms with Crippen LogP contribution in [-0.4, -0.2) is 50.0 Å². The van der Waals surface area contributed by atoms with Gasteiger partial charge in [-0.25, -0.2) is 9.78 Å². The molecule has 2 aromatic heterocycles. The Kier molecular flexibility index (Phi) is 5.10. The van der Waals surface area contributed by atoms with Crippen molar-refractivity contribution in [3.8, 4) is 16.3 Å². The van der Waals surface area contributed by atoms with E-state index in [4.69, 9.17) is 15.2 Å². The molecule has 25 heavy (non-hydrogen) atoms. The van der Waals surface area contributed by atoms with Crippen molar-refractivity contribution >= 4 is 28.0 Å². The van der Waals surface area contributed by atoms with Crippen LogP contribution in [-0.2, 0) is 4.74 Å². The van der Waals surface area contributed by atoms with Crippen molar-refractivity contribution in [1.29, 1.82) is 0 Å². The number of aliphatic hydroxyl groups excluding tert-OH is 1. The third-order valence-electron chi connectivity index (χ3n) is 4.36. The first-order valence-corrected chi connectivity index (χ1v) is 8.77. The number of nitrogens with two attached hydrogens (primary N) is 1. The molecule has 3 rings (SSSR count). The molecule has 0 spiro atoms. The van der Waals surface area contributed by atoms with E-state index in [1.165, 1.54) is 18.4 Å². The highest BCUT2D eigenvalue weighted by atomic mass is 32.1. The van der Waals surface area contributed by atoms with Crippen LogP contribution in [0.3, 0.4) is 0 Å². The number of anilines is 2. The molecule has 0 bridgehead atoms. The maximum Gasteiger partial charge on any atom is 0.343 e. The Morgan fingerprint density at radius 1 is 1.48 bits per heavy atom. The number of esters is 1. The largest absolute Gasteiger partial charge is 0.481 e. The van der Waals surface area contributed by atoms with E-state index in [0.717, 1.165) is 28.4 Å². The fourth-order valence-electron chi connectivity index (χ4n) is 2.97. The Hall–Kier alpha value is -2.32. The molecule has 1 saturated heterocycles. The summed E-state index contributed by atoms with van der Waals surface area (Å²) in [4.78, 5) is 19.4. The van der Waals surface area contributed by atoms with E-state index in [-0.39, 0.29) is 12.5 Å². The topological polar surface area (TPSA) is 97.9 Å². The van der Waals surface area contributed by atoms with Gasteiger partial charge >= 0.3 is 5.97 Å². The lowest BCUT2D eigenvalue weighted by atomic mass is 10.1. The maximum absolute atomic E-state index is 12.3. The van der Waals surface area contributed by atoms with Crippen LogP contribution < -0.4 is 15.4 Å². The minimum Gasteiger partial charge on any atom is -0.481 e. The SMILES string of the molecule is COC(=O)c1c(N2CC[C@H](CO)C2)sc(-c2ccc(OC)nc2)c1N. The third kappa shape index (κ3) is 3.27. The second-order valence-electron chi connectivity index (χ2n) is 5.89. The van der Waals surface area contributed by atoms with Gasteiger partial charge in [0.15, 0.2) is 0 Å². The van der Waals surface area contributed by atoms with Crippen LogP contribution in [0.4, 0.5) is 10.7 Å². The molecule has 0 aliphatic carbocycles. The molecule has 0 amide bonds. The molecule has 3 heterocycles. The number of thiophene rings is 1. The van der Waals surface area contributed by atoms with Crippen LogP contribution in [0, 0.1) is 5.92 Å². The number of hydrogen-bond donors (Lipinski definition) is 2. The van der Waals surface area contributed by atoms with Crippen molar-refractivity contribution in [3.05, 3.63) is 23.9 Å². The number of pyridine rings is 1. The van der Waals surface area contributed by atoms with E-state index in [0.29, 0.717) is 23.7 Å². The van der Waals surface area contributed by atoms with Crippen LogP contribution in [0.1, 0.15) is 16.8 Å². The smallest absolute Gasteiger partial charge is 0.343 e. The van der Waals surface area contributed by atoms with Gasteiger partial charge in [0, 0.05) is 43.4 Å². The fourth-order valence-corrected chi connectivity index (χ4v) is 4.20. The molecule has 0 unspecified atom stereocenters. The summed E-state index contributed by atoms with van der Waals surface area (Å²) in [5.41, 5.74) is 7.89. The van der Waals surface area contributed by atoms with Crippen LogP contribution in [0.15, 0.2) is 18.3 Å². The Morgan fingerprint density at radius 3 is 2.84 bits per heavy atom. The quantitative estimate of drug-likeness (QED) is 0.784. The molecule has 1 fully saturated rings. The number of hydrogen-bond acceptors (Lipinski definition) is 8.